The highest BCUT2D eigenvalue weighted by Gasteiger charge is 2.24. The van der Waals surface area contributed by atoms with Crippen LogP contribution in [-0.4, -0.2) is 23.5 Å². The summed E-state index contributed by atoms with van der Waals surface area (Å²) in [6.07, 6.45) is 0. The van der Waals surface area contributed by atoms with Gasteiger partial charge in [0.1, 0.15) is 5.01 Å². The number of thiazole rings is 1. The van der Waals surface area contributed by atoms with Crippen LogP contribution in [-0.2, 0) is 11.3 Å². The minimum Gasteiger partial charge on any atom is -0.348 e. The molecule has 18 heavy (non-hydrogen) atoms. The lowest BCUT2D eigenvalue weighted by Crippen LogP contribution is -2.50. The zero-order valence-corrected chi connectivity index (χ0v) is 11.6. The summed E-state index contributed by atoms with van der Waals surface area (Å²) in [5, 5.41) is 6.80. The first-order valence-corrected chi connectivity index (χ1v) is 6.66. The van der Waals surface area contributed by atoms with E-state index in [1.54, 1.807) is 18.4 Å². The predicted octanol–water partition coefficient (Wildman–Crippen LogP) is 1.91. The zero-order chi connectivity index (χ0) is 13.2. The lowest BCUT2D eigenvalue weighted by Gasteiger charge is -2.22. The standard InChI is InChI=1S/C13H17N3OS/c1-13(2,14-3)12(17)15-8-11-16-9-6-4-5-7-10(9)18-11/h4-7,14H,8H2,1-3H3,(H,15,17). The molecule has 0 atom stereocenters. The Morgan fingerprint density at radius 3 is 2.78 bits per heavy atom. The minimum absolute atomic E-state index is 0.0238. The van der Waals surface area contributed by atoms with Crippen molar-refractivity contribution in [3.05, 3.63) is 29.3 Å². The lowest BCUT2D eigenvalue weighted by molar-refractivity contribution is -0.126. The number of benzene rings is 1. The van der Waals surface area contributed by atoms with Crippen LogP contribution in [0.3, 0.4) is 0 Å². The van der Waals surface area contributed by atoms with Gasteiger partial charge in [-0.05, 0) is 33.0 Å². The number of para-hydroxylation sites is 1. The van der Waals surface area contributed by atoms with Gasteiger partial charge in [-0.1, -0.05) is 12.1 Å². The number of amides is 1. The largest absolute Gasteiger partial charge is 0.348 e. The third-order valence-corrected chi connectivity index (χ3v) is 3.97. The first-order valence-electron chi connectivity index (χ1n) is 5.84. The molecule has 0 aliphatic rings. The van der Waals surface area contributed by atoms with E-state index in [0.29, 0.717) is 6.54 Å². The van der Waals surface area contributed by atoms with Crippen LogP contribution < -0.4 is 10.6 Å². The summed E-state index contributed by atoms with van der Waals surface area (Å²) in [4.78, 5) is 16.4. The van der Waals surface area contributed by atoms with Crippen LogP contribution in [0, 0.1) is 0 Å². The van der Waals surface area contributed by atoms with E-state index in [0.717, 1.165) is 15.2 Å². The van der Waals surface area contributed by atoms with E-state index in [2.05, 4.69) is 15.6 Å². The van der Waals surface area contributed by atoms with Gasteiger partial charge in [-0.25, -0.2) is 4.98 Å². The summed E-state index contributed by atoms with van der Waals surface area (Å²) >= 11 is 1.61. The van der Waals surface area contributed by atoms with Crippen molar-refractivity contribution in [1.82, 2.24) is 15.6 Å². The fraction of sp³-hybridized carbons (Fsp3) is 0.385. The monoisotopic (exact) mass is 263 g/mol. The molecule has 0 fully saturated rings. The number of fused-ring (bicyclic) bond motifs is 1. The number of aromatic nitrogens is 1. The molecule has 2 rings (SSSR count). The van der Waals surface area contributed by atoms with E-state index in [1.165, 1.54) is 0 Å². The van der Waals surface area contributed by atoms with Gasteiger partial charge in [-0.15, -0.1) is 11.3 Å². The Kier molecular flexibility index (Phi) is 3.63. The molecule has 0 unspecified atom stereocenters. The van der Waals surface area contributed by atoms with Gasteiger partial charge in [0, 0.05) is 0 Å². The second-order valence-electron chi connectivity index (χ2n) is 4.63. The average Bonchev–Trinajstić information content (AvgIpc) is 2.78. The van der Waals surface area contributed by atoms with Crippen molar-refractivity contribution in [1.29, 1.82) is 0 Å². The van der Waals surface area contributed by atoms with Gasteiger partial charge < -0.3 is 10.6 Å². The third-order valence-electron chi connectivity index (χ3n) is 2.93. The van der Waals surface area contributed by atoms with Crippen LogP contribution in [0.5, 0.6) is 0 Å². The topological polar surface area (TPSA) is 54.0 Å². The fourth-order valence-electron chi connectivity index (χ4n) is 1.49. The van der Waals surface area contributed by atoms with Gasteiger partial charge in [-0.3, -0.25) is 4.79 Å². The second-order valence-corrected chi connectivity index (χ2v) is 5.75. The van der Waals surface area contributed by atoms with E-state index in [4.69, 9.17) is 0 Å². The summed E-state index contributed by atoms with van der Waals surface area (Å²) in [6, 6.07) is 7.98. The summed E-state index contributed by atoms with van der Waals surface area (Å²) in [5.74, 6) is -0.0238. The Labute approximate surface area is 110 Å². The number of likely N-dealkylation sites (N-methyl/N-ethyl adjacent to an activating group) is 1. The number of nitrogens with zero attached hydrogens (tertiary/aromatic N) is 1. The SMILES string of the molecule is CNC(C)(C)C(=O)NCc1nc2ccccc2s1. The van der Waals surface area contributed by atoms with Crippen molar-refractivity contribution in [3.63, 3.8) is 0 Å². The molecular formula is C13H17N3OS. The Morgan fingerprint density at radius 2 is 2.11 bits per heavy atom. The molecular weight excluding hydrogens is 246 g/mol. The summed E-state index contributed by atoms with van der Waals surface area (Å²) in [6.45, 7) is 4.17. The van der Waals surface area contributed by atoms with E-state index < -0.39 is 5.54 Å². The maximum absolute atomic E-state index is 11.9. The molecule has 4 nitrogen and oxygen atoms in total. The summed E-state index contributed by atoms with van der Waals surface area (Å²) in [7, 11) is 1.78. The number of nitrogens with one attached hydrogen (secondary N) is 2. The van der Waals surface area contributed by atoms with Gasteiger partial charge in [0.2, 0.25) is 5.91 Å². The number of hydrogen-bond donors (Lipinski definition) is 2. The molecule has 1 aromatic carbocycles. The van der Waals surface area contributed by atoms with Crippen LogP contribution in [0.2, 0.25) is 0 Å². The Hall–Kier alpha value is -1.46. The van der Waals surface area contributed by atoms with Crippen LogP contribution >= 0.6 is 11.3 Å². The lowest BCUT2D eigenvalue weighted by atomic mass is 10.1. The van der Waals surface area contributed by atoms with Crippen molar-refractivity contribution in [2.45, 2.75) is 25.9 Å². The number of carbonyl (C=O) groups excluding carboxylic acids is 1. The number of carbonyl (C=O) groups is 1. The highest BCUT2D eigenvalue weighted by atomic mass is 32.1. The minimum atomic E-state index is -0.559. The Morgan fingerprint density at radius 1 is 1.39 bits per heavy atom. The second kappa shape index (κ2) is 5.04. The predicted molar refractivity (Wildman–Crippen MR) is 74.6 cm³/mol. The first kappa shape index (κ1) is 13.0. The van der Waals surface area contributed by atoms with Crippen molar-refractivity contribution in [2.24, 2.45) is 0 Å². The normalized spacial score (nSPS) is 11.7. The number of hydrogen-bond acceptors (Lipinski definition) is 4. The smallest absolute Gasteiger partial charge is 0.240 e. The number of rotatable bonds is 4. The van der Waals surface area contributed by atoms with Gasteiger partial charge in [0.25, 0.3) is 0 Å². The first-order chi connectivity index (χ1) is 8.53. The summed E-state index contributed by atoms with van der Waals surface area (Å²) in [5.41, 5.74) is 0.427. The van der Waals surface area contributed by atoms with Gasteiger partial charge in [0.15, 0.2) is 0 Å². The maximum atomic E-state index is 11.9. The van der Waals surface area contributed by atoms with E-state index >= 15 is 0 Å². The molecule has 5 heteroatoms. The van der Waals surface area contributed by atoms with Crippen LogP contribution in [0.15, 0.2) is 24.3 Å². The maximum Gasteiger partial charge on any atom is 0.240 e. The highest BCUT2D eigenvalue weighted by molar-refractivity contribution is 7.18. The molecule has 0 aliphatic carbocycles. The van der Waals surface area contributed by atoms with Crippen molar-refractivity contribution >= 4 is 27.5 Å². The molecule has 0 radical (unpaired) electrons. The third kappa shape index (κ3) is 2.68. The average molecular weight is 263 g/mol. The molecule has 2 aromatic rings. The fourth-order valence-corrected chi connectivity index (χ4v) is 2.39. The highest BCUT2D eigenvalue weighted by Crippen LogP contribution is 2.21. The van der Waals surface area contributed by atoms with Crippen molar-refractivity contribution in [3.8, 4) is 0 Å². The van der Waals surface area contributed by atoms with Crippen molar-refractivity contribution < 1.29 is 4.79 Å². The molecule has 0 bridgehead atoms. The van der Waals surface area contributed by atoms with Gasteiger partial charge in [0.05, 0.1) is 22.3 Å². The molecule has 1 amide bonds. The van der Waals surface area contributed by atoms with E-state index in [9.17, 15) is 4.79 Å². The molecule has 0 saturated carbocycles. The van der Waals surface area contributed by atoms with Crippen LogP contribution in [0.25, 0.3) is 10.2 Å². The molecule has 1 aromatic heterocycles. The van der Waals surface area contributed by atoms with Crippen molar-refractivity contribution in [2.75, 3.05) is 7.05 Å². The van der Waals surface area contributed by atoms with Crippen LogP contribution in [0.4, 0.5) is 0 Å². The molecule has 0 spiro atoms. The Bertz CT molecular complexity index is 529. The molecule has 2 N–H and O–H groups in total. The van der Waals surface area contributed by atoms with Crippen LogP contribution in [0.1, 0.15) is 18.9 Å². The Balaban J connectivity index is 2.04. The van der Waals surface area contributed by atoms with Gasteiger partial charge in [-0.2, -0.15) is 0 Å². The quantitative estimate of drug-likeness (QED) is 0.886. The van der Waals surface area contributed by atoms with E-state index in [1.807, 2.05) is 38.1 Å². The molecule has 96 valence electrons. The van der Waals surface area contributed by atoms with E-state index in [-0.39, 0.29) is 5.91 Å². The molecule has 0 aliphatic heterocycles. The van der Waals surface area contributed by atoms with Gasteiger partial charge >= 0.3 is 0 Å². The molecule has 1 heterocycles. The molecule has 0 saturated heterocycles. The zero-order valence-electron chi connectivity index (χ0n) is 10.8. The summed E-state index contributed by atoms with van der Waals surface area (Å²) < 4.78 is 1.15.